The van der Waals surface area contributed by atoms with Crippen molar-refractivity contribution in [3.63, 3.8) is 0 Å². The lowest BCUT2D eigenvalue weighted by atomic mass is 10.1. The van der Waals surface area contributed by atoms with Crippen LogP contribution in [0.4, 0.5) is 5.82 Å². The molecule has 1 N–H and O–H groups in total. The molecule has 8 heteroatoms. The minimum Gasteiger partial charge on any atom is -0.486 e. The Morgan fingerprint density at radius 3 is 2.53 bits per heavy atom. The van der Waals surface area contributed by atoms with Gasteiger partial charge in [0, 0.05) is 5.56 Å². The highest BCUT2D eigenvalue weighted by Crippen LogP contribution is 2.21. The van der Waals surface area contributed by atoms with Gasteiger partial charge in [-0.2, -0.15) is 10.4 Å². The summed E-state index contributed by atoms with van der Waals surface area (Å²) >= 11 is 0. The van der Waals surface area contributed by atoms with Crippen molar-refractivity contribution in [1.82, 2.24) is 9.78 Å². The zero-order valence-electron chi connectivity index (χ0n) is 17.1. The third-order valence-corrected chi connectivity index (χ3v) is 4.65. The highest BCUT2D eigenvalue weighted by Gasteiger charge is 2.18. The van der Waals surface area contributed by atoms with Crippen LogP contribution in [0.15, 0.2) is 77.3 Å². The first-order valence-corrected chi connectivity index (χ1v) is 9.72. The highest BCUT2D eigenvalue weighted by atomic mass is 16.5. The number of furan rings is 1. The van der Waals surface area contributed by atoms with Gasteiger partial charge in [-0.1, -0.05) is 18.2 Å². The average Bonchev–Trinajstić information content (AvgIpc) is 3.45. The van der Waals surface area contributed by atoms with E-state index in [1.54, 1.807) is 30.3 Å². The molecule has 0 fully saturated rings. The molecule has 4 aromatic rings. The number of amides is 1. The number of hydrogen-bond acceptors (Lipinski definition) is 6. The van der Waals surface area contributed by atoms with Gasteiger partial charge >= 0.3 is 0 Å². The van der Waals surface area contributed by atoms with Gasteiger partial charge in [-0.05, 0) is 55.5 Å². The van der Waals surface area contributed by atoms with Crippen LogP contribution in [0, 0.1) is 11.3 Å². The van der Waals surface area contributed by atoms with Crippen LogP contribution in [0.25, 0.3) is 5.69 Å². The topological polar surface area (TPSA) is 110 Å². The Bertz CT molecular complexity index is 1300. The van der Waals surface area contributed by atoms with E-state index in [0.29, 0.717) is 22.8 Å². The predicted molar refractivity (Wildman–Crippen MR) is 116 cm³/mol. The van der Waals surface area contributed by atoms with Crippen LogP contribution in [-0.2, 0) is 6.61 Å². The van der Waals surface area contributed by atoms with E-state index in [2.05, 4.69) is 10.4 Å². The Kier molecular flexibility index (Phi) is 5.81. The van der Waals surface area contributed by atoms with Gasteiger partial charge in [-0.15, -0.1) is 0 Å². The first-order valence-electron chi connectivity index (χ1n) is 9.72. The van der Waals surface area contributed by atoms with Crippen LogP contribution < -0.4 is 10.1 Å². The van der Waals surface area contributed by atoms with Gasteiger partial charge in [0.2, 0.25) is 0 Å². The molecule has 0 spiro atoms. The normalized spacial score (nSPS) is 10.4. The standard InChI is InChI=1S/C24H18N4O4/c1-16(29)17-7-9-20(10-8-17)31-15-21-11-12-22(32-21)24(30)27-23-18(13-25)14-26-28(23)19-5-3-2-4-6-19/h2-12,14H,15H2,1H3,(H,27,30). The smallest absolute Gasteiger partial charge is 0.292 e. The molecule has 0 radical (unpaired) electrons. The number of benzene rings is 2. The van der Waals surface area contributed by atoms with Crippen molar-refractivity contribution in [2.75, 3.05) is 5.32 Å². The average molecular weight is 426 g/mol. The molecule has 8 nitrogen and oxygen atoms in total. The second kappa shape index (κ2) is 9.02. The lowest BCUT2D eigenvalue weighted by Crippen LogP contribution is -2.15. The number of rotatable bonds is 7. The molecule has 1 amide bonds. The number of nitriles is 1. The Hall–Kier alpha value is -4.64. The maximum atomic E-state index is 12.7. The maximum Gasteiger partial charge on any atom is 0.292 e. The first kappa shape index (κ1) is 20.6. The van der Waals surface area contributed by atoms with E-state index in [-0.39, 0.29) is 29.5 Å². The number of Topliss-reactive ketones (excluding diaryl/α,β-unsaturated/α-hetero) is 1. The maximum absolute atomic E-state index is 12.7. The summed E-state index contributed by atoms with van der Waals surface area (Å²) in [5, 5.41) is 16.3. The molecule has 0 aliphatic carbocycles. The minimum atomic E-state index is -0.517. The van der Waals surface area contributed by atoms with Crippen LogP contribution in [0.5, 0.6) is 5.75 Å². The van der Waals surface area contributed by atoms with Gasteiger partial charge in [0.15, 0.2) is 17.4 Å². The van der Waals surface area contributed by atoms with Crippen molar-refractivity contribution in [2.45, 2.75) is 13.5 Å². The first-order chi connectivity index (χ1) is 15.5. The van der Waals surface area contributed by atoms with Crippen molar-refractivity contribution in [3.05, 3.63) is 95.6 Å². The number of carbonyl (C=O) groups is 2. The summed E-state index contributed by atoms with van der Waals surface area (Å²) in [5.74, 6) is 0.803. The van der Waals surface area contributed by atoms with E-state index >= 15 is 0 Å². The molecule has 2 heterocycles. The number of nitrogens with one attached hydrogen (secondary N) is 1. The van der Waals surface area contributed by atoms with Gasteiger partial charge in [-0.3, -0.25) is 9.59 Å². The van der Waals surface area contributed by atoms with Gasteiger partial charge < -0.3 is 14.5 Å². The molecule has 0 bridgehead atoms. The lowest BCUT2D eigenvalue weighted by molar-refractivity contribution is 0.0989. The second-order valence-corrected chi connectivity index (χ2v) is 6.86. The molecule has 0 aliphatic heterocycles. The quantitative estimate of drug-likeness (QED) is 0.439. The van der Waals surface area contributed by atoms with E-state index in [1.165, 1.54) is 23.9 Å². The van der Waals surface area contributed by atoms with Crippen molar-refractivity contribution in [1.29, 1.82) is 5.26 Å². The molecule has 0 saturated heterocycles. The van der Waals surface area contributed by atoms with Crippen molar-refractivity contribution in [3.8, 4) is 17.5 Å². The fourth-order valence-electron chi connectivity index (χ4n) is 3.00. The summed E-state index contributed by atoms with van der Waals surface area (Å²) in [7, 11) is 0. The Labute approximate surface area is 183 Å². The molecule has 158 valence electrons. The number of carbonyl (C=O) groups excluding carboxylic acids is 2. The van der Waals surface area contributed by atoms with E-state index in [4.69, 9.17) is 9.15 Å². The number of anilines is 1. The van der Waals surface area contributed by atoms with Gasteiger partial charge in [0.1, 0.15) is 29.7 Å². The molecular formula is C24H18N4O4. The Morgan fingerprint density at radius 2 is 1.84 bits per heavy atom. The van der Waals surface area contributed by atoms with E-state index in [9.17, 15) is 14.9 Å². The number of hydrogen-bond donors (Lipinski definition) is 1. The molecule has 2 aromatic carbocycles. The zero-order valence-corrected chi connectivity index (χ0v) is 17.1. The summed E-state index contributed by atoms with van der Waals surface area (Å²) in [6, 6.07) is 21.1. The van der Waals surface area contributed by atoms with Crippen LogP contribution >= 0.6 is 0 Å². The van der Waals surface area contributed by atoms with Crippen molar-refractivity contribution >= 4 is 17.5 Å². The second-order valence-electron chi connectivity index (χ2n) is 6.86. The number of aromatic nitrogens is 2. The molecule has 4 rings (SSSR count). The molecule has 0 atom stereocenters. The number of nitrogens with zero attached hydrogens (tertiary/aromatic N) is 3. The number of para-hydroxylation sites is 1. The SMILES string of the molecule is CC(=O)c1ccc(OCc2ccc(C(=O)Nc3c(C#N)cnn3-c3ccccc3)o2)cc1. The molecule has 0 saturated carbocycles. The van der Waals surface area contributed by atoms with Crippen LogP contribution in [0.2, 0.25) is 0 Å². The van der Waals surface area contributed by atoms with E-state index in [1.807, 2.05) is 36.4 Å². The molecule has 0 unspecified atom stereocenters. The largest absolute Gasteiger partial charge is 0.486 e. The summed E-state index contributed by atoms with van der Waals surface area (Å²) in [5.41, 5.74) is 1.53. The third-order valence-electron chi connectivity index (χ3n) is 4.65. The summed E-state index contributed by atoms with van der Waals surface area (Å²) in [6.45, 7) is 1.61. The van der Waals surface area contributed by atoms with Gasteiger partial charge in [0.25, 0.3) is 5.91 Å². The molecule has 0 aliphatic rings. The summed E-state index contributed by atoms with van der Waals surface area (Å²) < 4.78 is 12.7. The van der Waals surface area contributed by atoms with Gasteiger partial charge in [0.05, 0.1) is 11.9 Å². The summed E-state index contributed by atoms with van der Waals surface area (Å²) in [4.78, 5) is 24.1. The van der Waals surface area contributed by atoms with E-state index in [0.717, 1.165) is 0 Å². The van der Waals surface area contributed by atoms with Crippen LogP contribution in [-0.4, -0.2) is 21.5 Å². The lowest BCUT2D eigenvalue weighted by Gasteiger charge is -2.08. The van der Waals surface area contributed by atoms with Crippen LogP contribution in [0.3, 0.4) is 0 Å². The number of ketones is 1. The zero-order chi connectivity index (χ0) is 22.5. The molecule has 2 aromatic heterocycles. The molecule has 32 heavy (non-hydrogen) atoms. The molecular weight excluding hydrogens is 408 g/mol. The number of ether oxygens (including phenoxy) is 1. The van der Waals surface area contributed by atoms with Crippen LogP contribution in [0.1, 0.15) is 39.2 Å². The predicted octanol–water partition coefficient (Wildman–Crippen LogP) is 4.37. The third kappa shape index (κ3) is 4.42. The van der Waals surface area contributed by atoms with Crippen molar-refractivity contribution < 1.29 is 18.7 Å². The van der Waals surface area contributed by atoms with Gasteiger partial charge in [-0.25, -0.2) is 4.68 Å². The minimum absolute atomic E-state index is 0.0219. The van der Waals surface area contributed by atoms with E-state index < -0.39 is 5.91 Å². The Balaban J connectivity index is 1.45. The Morgan fingerprint density at radius 1 is 1.09 bits per heavy atom. The highest BCUT2D eigenvalue weighted by molar-refractivity contribution is 6.02. The fourth-order valence-corrected chi connectivity index (χ4v) is 3.00. The summed E-state index contributed by atoms with van der Waals surface area (Å²) in [6.07, 6.45) is 1.39. The monoisotopic (exact) mass is 426 g/mol. The van der Waals surface area contributed by atoms with Crippen molar-refractivity contribution in [2.24, 2.45) is 0 Å². The fraction of sp³-hybridized carbons (Fsp3) is 0.0833.